The maximum atomic E-state index is 15.2. The summed E-state index contributed by atoms with van der Waals surface area (Å²) in [5.41, 5.74) is 18.3. The lowest BCUT2D eigenvalue weighted by molar-refractivity contribution is 0.0750. The number of H-pyrrole nitrogens is 1. The maximum absolute atomic E-state index is 15.2. The molecule has 4 aliphatic heterocycles. The monoisotopic (exact) mass is 1440 g/mol. The van der Waals surface area contributed by atoms with Crippen LogP contribution in [0.1, 0.15) is 112 Å². The molecule has 0 radical (unpaired) electrons. The zero-order chi connectivity index (χ0) is 74.2. The van der Waals surface area contributed by atoms with Gasteiger partial charge in [-0.15, -0.1) is 0 Å². The molecule has 3 amide bonds. The van der Waals surface area contributed by atoms with E-state index < -0.39 is 0 Å². The van der Waals surface area contributed by atoms with Crippen molar-refractivity contribution in [1.29, 1.82) is 0 Å². The van der Waals surface area contributed by atoms with Crippen molar-refractivity contribution in [1.82, 2.24) is 63.4 Å². The maximum Gasteiger partial charge on any atom is 0.253 e. The zero-order valence-corrected chi connectivity index (χ0v) is 61.3. The van der Waals surface area contributed by atoms with Crippen molar-refractivity contribution < 1.29 is 23.6 Å². The van der Waals surface area contributed by atoms with Crippen molar-refractivity contribution in [3.8, 4) is 33.8 Å². The van der Waals surface area contributed by atoms with Gasteiger partial charge in [-0.2, -0.15) is 0 Å². The van der Waals surface area contributed by atoms with E-state index in [0.717, 1.165) is 147 Å². The Bertz CT molecular complexity index is 5290. The molecule has 0 saturated carbocycles. The van der Waals surface area contributed by atoms with E-state index in [1.54, 1.807) is 30.9 Å². The molecule has 548 valence electrons. The molecule has 23 heteroatoms. The number of halogens is 1. The molecule has 5 aromatic carbocycles. The number of aromatic amines is 1. The number of unbranched alkanes of at least 4 members (excludes halogenated alkanes) is 1. The van der Waals surface area contributed by atoms with Crippen LogP contribution in [0.25, 0.3) is 50.7 Å². The first kappa shape index (κ1) is 72.2. The molecule has 12 aromatic rings. The number of carbonyl (C=O) groups is 4. The summed E-state index contributed by atoms with van der Waals surface area (Å²) in [6.07, 6.45) is 17.9. The molecule has 0 aliphatic carbocycles. The van der Waals surface area contributed by atoms with Gasteiger partial charge in [0.05, 0.1) is 39.8 Å². The molecule has 0 spiro atoms. The first-order valence-electron chi connectivity index (χ1n) is 37.0. The molecular formula is C84H90FN17O5. The smallest absolute Gasteiger partial charge is 0.253 e. The quantitative estimate of drug-likeness (QED) is 0.0274. The number of imidazole rings is 3. The van der Waals surface area contributed by atoms with Gasteiger partial charge >= 0.3 is 0 Å². The summed E-state index contributed by atoms with van der Waals surface area (Å²) >= 11 is 0. The minimum absolute atomic E-state index is 0.0147. The summed E-state index contributed by atoms with van der Waals surface area (Å²) in [6, 6.07) is 48.4. The number of Topliss-reactive ketones (excluding diaryl/α,β-unsaturated/α-hetero) is 1. The van der Waals surface area contributed by atoms with Gasteiger partial charge in [0.25, 0.3) is 17.7 Å². The van der Waals surface area contributed by atoms with Crippen molar-refractivity contribution in [2.75, 3.05) is 93.8 Å². The third-order valence-corrected chi connectivity index (χ3v) is 20.9. The Morgan fingerprint density at radius 1 is 0.561 bits per heavy atom. The Morgan fingerprint density at radius 2 is 1.07 bits per heavy atom. The number of rotatable bonds is 22. The number of fused-ring (bicyclic) bond motifs is 5. The van der Waals surface area contributed by atoms with Crippen molar-refractivity contribution in [3.05, 3.63) is 245 Å². The van der Waals surface area contributed by atoms with E-state index in [2.05, 4.69) is 119 Å². The number of likely N-dealkylation sites (tertiary alicyclic amines) is 1. The van der Waals surface area contributed by atoms with Crippen LogP contribution in [0.4, 0.5) is 44.2 Å². The second-order valence-electron chi connectivity index (χ2n) is 28.0. The second-order valence-corrected chi connectivity index (χ2v) is 28.0. The number of nitrogens with zero attached hydrogens (tertiary/aromatic N) is 11. The van der Waals surface area contributed by atoms with Gasteiger partial charge in [0.2, 0.25) is 5.56 Å². The van der Waals surface area contributed by atoms with Crippen molar-refractivity contribution in [3.63, 3.8) is 0 Å². The van der Waals surface area contributed by atoms with Gasteiger partial charge in [0, 0.05) is 159 Å². The summed E-state index contributed by atoms with van der Waals surface area (Å²) in [5, 5.41) is 16.0. The Balaban J connectivity index is 0.000000135. The summed E-state index contributed by atoms with van der Waals surface area (Å²) in [7, 11) is 4.17. The van der Waals surface area contributed by atoms with Crippen LogP contribution in [0.5, 0.6) is 0 Å². The normalized spacial score (nSPS) is 15.5. The first-order valence-corrected chi connectivity index (χ1v) is 37.0. The molecule has 22 nitrogen and oxygen atoms in total. The number of likely N-dealkylation sites (N-methyl/N-ethyl adjacent to an activating group) is 3. The van der Waals surface area contributed by atoms with E-state index in [4.69, 9.17) is 0 Å². The summed E-state index contributed by atoms with van der Waals surface area (Å²) in [6.45, 7) is 18.0. The Kier molecular flexibility index (Phi) is 21.8. The highest BCUT2D eigenvalue weighted by Gasteiger charge is 2.29. The van der Waals surface area contributed by atoms with Crippen molar-refractivity contribution >= 4 is 80.3 Å². The van der Waals surface area contributed by atoms with E-state index in [1.165, 1.54) is 32.0 Å². The Morgan fingerprint density at radius 3 is 1.59 bits per heavy atom. The van der Waals surface area contributed by atoms with Crippen molar-refractivity contribution in [2.24, 2.45) is 0 Å². The molecule has 11 heterocycles. The van der Waals surface area contributed by atoms with Gasteiger partial charge in [-0.05, 0) is 242 Å². The fourth-order valence-corrected chi connectivity index (χ4v) is 14.6. The number of carbonyl (C=O) groups excluding carboxylic acids is 4. The standard InChI is InChI=1S/C30H31N5O2.C29H32N6O2.C25H27FN6O/c36-28(5-1-2-15-34-16-3-4-17-34)21-6-9-24(10-7-21)33-26-12-13-27(35-18-14-31-29(26)35)22-8-11-25-23(19-22)20-32-30(25)37;1-4-33(3)16-17-34(5-2)29(37)20-6-9-23(10-7-20)32-25-12-13-26(35-15-14-30-27(25)35)21-8-11-24-22(18-21)19-31-28(24)36;1-16-15-32(17(2)14-30(16)3)23-6-4-19(13-20(23)26)29-21-5-7-22(31-11-10-28-25(21)31)18-8-9-27-24(33)12-18/h6-14,18-19,33H,1-5,15-17,20H2,(H,32,37);6-15,18,32H,4-5,16-17,19H2,1-3H3,(H,31,36);4-13,16-17,29H,14-15H2,1-3H3,(H,27,33)/t;;16-,17+/m..0/s1. The number of ketones is 1. The molecule has 16 rings (SSSR count). The van der Waals surface area contributed by atoms with Gasteiger partial charge in [0.1, 0.15) is 5.82 Å². The number of benzene rings is 5. The minimum Gasteiger partial charge on any atom is -0.364 e. The van der Waals surface area contributed by atoms with E-state index in [1.807, 2.05) is 165 Å². The van der Waals surface area contributed by atoms with Crippen LogP contribution < -0.4 is 37.0 Å². The van der Waals surface area contributed by atoms with Gasteiger partial charge < -0.3 is 51.2 Å². The Labute approximate surface area is 621 Å². The molecule has 2 saturated heterocycles. The summed E-state index contributed by atoms with van der Waals surface area (Å²) in [4.78, 5) is 88.5. The second kappa shape index (κ2) is 32.3. The SMILES string of the molecule is CCN(C)CCN(CC)C(=O)c1ccc(Nc2ccc(-c3ccc4c(c3)CNC4=O)n3ccnc23)cc1.C[C@@H]1CN(C)[C@@H](C)CN1c1ccc(Nc2ccc(-c3cc[nH]c(=O)c3)n3ccnc23)cc1F.O=C(CCCCN1CCCC1)c1ccc(Nc2ccc(-c3ccc4c(c3)CNC4=O)n3ccnc23)cc1. The van der Waals surface area contributed by atoms with Gasteiger partial charge in [0.15, 0.2) is 22.7 Å². The molecule has 4 aliphatic rings. The lowest BCUT2D eigenvalue weighted by atomic mass is 10.0. The molecule has 2 fully saturated rings. The highest BCUT2D eigenvalue weighted by Crippen LogP contribution is 2.35. The number of amides is 3. The number of aromatic nitrogens is 7. The minimum atomic E-state index is -0.247. The largest absolute Gasteiger partial charge is 0.364 e. The number of nitrogens with one attached hydrogen (secondary N) is 6. The fourth-order valence-electron chi connectivity index (χ4n) is 14.6. The predicted molar refractivity (Wildman–Crippen MR) is 421 cm³/mol. The van der Waals surface area contributed by atoms with E-state index in [9.17, 15) is 24.0 Å². The molecular weight excluding hydrogens is 1350 g/mol. The van der Waals surface area contributed by atoms with Crippen LogP contribution in [-0.2, 0) is 13.1 Å². The van der Waals surface area contributed by atoms with Crippen LogP contribution in [-0.4, -0.2) is 161 Å². The molecule has 7 aromatic heterocycles. The van der Waals surface area contributed by atoms with Gasteiger partial charge in [-0.3, -0.25) is 42.1 Å². The third-order valence-electron chi connectivity index (χ3n) is 20.9. The third kappa shape index (κ3) is 16.1. The average molecular weight is 1440 g/mol. The average Bonchev–Trinajstić information content (AvgIpc) is 1.71. The lowest BCUT2D eigenvalue weighted by Gasteiger charge is -2.43. The molecule has 6 N–H and O–H groups in total. The number of anilines is 7. The van der Waals surface area contributed by atoms with Gasteiger partial charge in [-0.1, -0.05) is 19.1 Å². The first-order chi connectivity index (χ1) is 52.0. The van der Waals surface area contributed by atoms with Crippen LogP contribution in [0.15, 0.2) is 200 Å². The van der Waals surface area contributed by atoms with Crippen LogP contribution in [0.2, 0.25) is 0 Å². The van der Waals surface area contributed by atoms with Crippen LogP contribution in [0, 0.1) is 5.82 Å². The van der Waals surface area contributed by atoms with Crippen molar-refractivity contribution in [2.45, 2.75) is 85.0 Å². The van der Waals surface area contributed by atoms with E-state index >= 15 is 4.39 Å². The topological polar surface area (TPSA) is 229 Å². The van der Waals surface area contributed by atoms with E-state index in [-0.39, 0.29) is 40.9 Å². The molecule has 0 bridgehead atoms. The van der Waals surface area contributed by atoms with Crippen LogP contribution in [0.3, 0.4) is 0 Å². The number of hydrogen-bond donors (Lipinski definition) is 6. The van der Waals surface area contributed by atoms with Gasteiger partial charge in [-0.25, -0.2) is 19.3 Å². The number of piperazine rings is 1. The van der Waals surface area contributed by atoms with Crippen LogP contribution >= 0.6 is 0 Å². The summed E-state index contributed by atoms with van der Waals surface area (Å²) < 4.78 is 21.2. The Hall–Kier alpha value is -11.8. The molecule has 0 unspecified atom stereocenters. The zero-order valence-electron chi connectivity index (χ0n) is 61.3. The highest BCUT2D eigenvalue weighted by molar-refractivity contribution is 6.00. The molecule has 2 atom stereocenters. The number of hydrogen-bond acceptors (Lipinski definition) is 15. The summed E-state index contributed by atoms with van der Waals surface area (Å²) in [5.74, 6) is -0.0284. The van der Waals surface area contributed by atoms with E-state index in [0.29, 0.717) is 61.2 Å². The lowest BCUT2D eigenvalue weighted by Crippen LogP contribution is -2.55. The number of pyridine rings is 4. The highest BCUT2D eigenvalue weighted by atomic mass is 19.1. The fraction of sp³-hybridized carbons (Fsp3) is 0.286. The predicted octanol–water partition coefficient (Wildman–Crippen LogP) is 13.9. The molecule has 107 heavy (non-hydrogen) atoms.